The molecule has 2 aromatic rings. The molecule has 0 aliphatic carbocycles. The van der Waals surface area contributed by atoms with E-state index in [1.807, 2.05) is 0 Å². The fourth-order valence-corrected chi connectivity index (χ4v) is 3.46. The molecule has 1 N–H and O–H groups in total. The van der Waals surface area contributed by atoms with Gasteiger partial charge in [-0.15, -0.1) is 0 Å². The van der Waals surface area contributed by atoms with E-state index in [1.54, 1.807) is 11.3 Å². The molecule has 19 heavy (non-hydrogen) atoms. The number of thiophene rings is 1. The first-order valence-electron chi connectivity index (χ1n) is 7.08. The van der Waals surface area contributed by atoms with E-state index in [0.717, 1.165) is 0 Å². The summed E-state index contributed by atoms with van der Waals surface area (Å²) in [4.78, 5) is 0. The first-order valence-corrected chi connectivity index (χ1v) is 8.02. The smallest absolute Gasteiger partial charge is 0.0136 e. The number of benzene rings is 1. The second kappa shape index (κ2) is 7.46. The largest absolute Gasteiger partial charge is 0.316 e. The molecular weight excluding hydrogens is 250 g/mol. The molecule has 0 amide bonds. The minimum Gasteiger partial charge on any atom is -0.316 e. The van der Waals surface area contributed by atoms with E-state index in [2.05, 4.69) is 66.4 Å². The van der Waals surface area contributed by atoms with Crippen molar-refractivity contribution < 1.29 is 0 Å². The lowest BCUT2D eigenvalue weighted by atomic mass is 9.86. The van der Waals surface area contributed by atoms with Crippen molar-refractivity contribution in [1.29, 1.82) is 0 Å². The highest BCUT2D eigenvalue weighted by molar-refractivity contribution is 7.07. The minimum absolute atomic E-state index is 0.548. The molecule has 1 nitrogen and oxygen atoms in total. The predicted molar refractivity (Wildman–Crippen MR) is 85.0 cm³/mol. The highest BCUT2D eigenvalue weighted by Gasteiger charge is 2.19. The van der Waals surface area contributed by atoms with Crippen molar-refractivity contribution in [2.24, 2.45) is 0 Å². The fraction of sp³-hybridized carbons (Fsp3) is 0.412. The maximum absolute atomic E-state index is 3.52. The van der Waals surface area contributed by atoms with Gasteiger partial charge in [0.15, 0.2) is 0 Å². The molecule has 1 aromatic carbocycles. The summed E-state index contributed by atoms with van der Waals surface area (Å²) in [7, 11) is 2.09. The van der Waals surface area contributed by atoms with Crippen LogP contribution in [-0.2, 0) is 6.42 Å². The van der Waals surface area contributed by atoms with Crippen LogP contribution >= 0.6 is 11.3 Å². The van der Waals surface area contributed by atoms with Crippen molar-refractivity contribution >= 4 is 11.3 Å². The summed E-state index contributed by atoms with van der Waals surface area (Å²) < 4.78 is 0. The Morgan fingerprint density at radius 1 is 1.16 bits per heavy atom. The molecule has 2 unspecified atom stereocenters. The van der Waals surface area contributed by atoms with Gasteiger partial charge in [0.25, 0.3) is 0 Å². The Morgan fingerprint density at radius 2 is 1.95 bits per heavy atom. The third-order valence-electron chi connectivity index (χ3n) is 3.85. The number of likely N-dealkylation sites (N-methyl/N-ethyl adjacent to an activating group) is 1. The van der Waals surface area contributed by atoms with Crippen molar-refractivity contribution in [3.8, 4) is 0 Å². The van der Waals surface area contributed by atoms with Crippen LogP contribution in [0.15, 0.2) is 47.2 Å². The molecule has 0 bridgehead atoms. The van der Waals surface area contributed by atoms with Crippen LogP contribution in [0.1, 0.15) is 36.8 Å². The molecule has 2 rings (SSSR count). The van der Waals surface area contributed by atoms with Crippen molar-refractivity contribution in [3.63, 3.8) is 0 Å². The summed E-state index contributed by atoms with van der Waals surface area (Å²) in [5, 5.41) is 7.94. The van der Waals surface area contributed by atoms with Crippen LogP contribution in [-0.4, -0.2) is 13.1 Å². The minimum atomic E-state index is 0.548. The summed E-state index contributed by atoms with van der Waals surface area (Å²) >= 11 is 1.79. The van der Waals surface area contributed by atoms with Crippen LogP contribution in [0.5, 0.6) is 0 Å². The molecule has 0 aliphatic rings. The van der Waals surface area contributed by atoms with Crippen molar-refractivity contribution in [2.75, 3.05) is 7.05 Å². The van der Waals surface area contributed by atoms with E-state index in [4.69, 9.17) is 0 Å². The number of rotatable bonds is 7. The molecular formula is C17H23NS. The molecule has 0 fully saturated rings. The summed E-state index contributed by atoms with van der Waals surface area (Å²) in [6.45, 7) is 2.28. The Morgan fingerprint density at radius 3 is 2.53 bits per heavy atom. The van der Waals surface area contributed by atoms with Crippen LogP contribution in [0.4, 0.5) is 0 Å². The maximum Gasteiger partial charge on any atom is 0.0136 e. The second-order valence-corrected chi connectivity index (χ2v) is 5.77. The standard InChI is InChI=1S/C17H23NS/c1-3-16(15-7-5-4-6-8-15)17(18-2)10-9-14-11-12-19-13-14/h4-8,11-13,16-18H,3,9-10H2,1-2H3. The van der Waals surface area contributed by atoms with Gasteiger partial charge >= 0.3 is 0 Å². The number of hydrogen-bond acceptors (Lipinski definition) is 2. The Kier molecular flexibility index (Phi) is 5.62. The number of nitrogens with one attached hydrogen (secondary N) is 1. The Hall–Kier alpha value is -1.12. The second-order valence-electron chi connectivity index (χ2n) is 4.99. The van der Waals surface area contributed by atoms with Gasteiger partial charge in [-0.05, 0) is 60.2 Å². The van der Waals surface area contributed by atoms with Crippen molar-refractivity contribution in [1.82, 2.24) is 5.32 Å². The van der Waals surface area contributed by atoms with Crippen LogP contribution in [0.25, 0.3) is 0 Å². The van der Waals surface area contributed by atoms with E-state index >= 15 is 0 Å². The predicted octanol–water partition coefficient (Wildman–Crippen LogP) is 4.46. The average Bonchev–Trinajstić information content (AvgIpc) is 2.97. The van der Waals surface area contributed by atoms with Crippen LogP contribution in [0, 0.1) is 0 Å². The summed E-state index contributed by atoms with van der Waals surface area (Å²) in [5.41, 5.74) is 2.92. The number of aryl methyl sites for hydroxylation is 1. The van der Waals surface area contributed by atoms with Gasteiger partial charge in [-0.1, -0.05) is 37.3 Å². The van der Waals surface area contributed by atoms with Gasteiger partial charge in [0.05, 0.1) is 0 Å². The van der Waals surface area contributed by atoms with Crippen LogP contribution in [0.3, 0.4) is 0 Å². The van der Waals surface area contributed by atoms with Crippen molar-refractivity contribution in [2.45, 2.75) is 38.1 Å². The average molecular weight is 273 g/mol. The zero-order valence-electron chi connectivity index (χ0n) is 11.8. The van der Waals surface area contributed by atoms with E-state index < -0.39 is 0 Å². The molecule has 0 saturated heterocycles. The highest BCUT2D eigenvalue weighted by Crippen LogP contribution is 2.26. The normalized spacial score (nSPS) is 14.2. The van der Waals surface area contributed by atoms with Gasteiger partial charge in [-0.25, -0.2) is 0 Å². The number of hydrogen-bond donors (Lipinski definition) is 1. The molecule has 2 heteroatoms. The molecule has 102 valence electrons. The lowest BCUT2D eigenvalue weighted by Gasteiger charge is -2.26. The molecule has 0 radical (unpaired) electrons. The lowest BCUT2D eigenvalue weighted by molar-refractivity contribution is 0.426. The molecule has 1 aromatic heterocycles. The fourth-order valence-electron chi connectivity index (χ4n) is 2.76. The Labute approximate surface area is 120 Å². The van der Waals surface area contributed by atoms with Gasteiger partial charge in [0.2, 0.25) is 0 Å². The molecule has 0 saturated carbocycles. The Bertz CT molecular complexity index is 449. The topological polar surface area (TPSA) is 12.0 Å². The van der Waals surface area contributed by atoms with E-state index in [1.165, 1.54) is 30.4 Å². The first kappa shape index (κ1) is 14.3. The van der Waals surface area contributed by atoms with Gasteiger partial charge in [-0.3, -0.25) is 0 Å². The van der Waals surface area contributed by atoms with E-state index in [9.17, 15) is 0 Å². The molecule has 0 spiro atoms. The summed E-state index contributed by atoms with van der Waals surface area (Å²) in [5.74, 6) is 0.602. The van der Waals surface area contributed by atoms with Gasteiger partial charge in [0.1, 0.15) is 0 Å². The highest BCUT2D eigenvalue weighted by atomic mass is 32.1. The summed E-state index contributed by atoms with van der Waals surface area (Å²) in [6.07, 6.45) is 3.54. The molecule has 2 atom stereocenters. The van der Waals surface area contributed by atoms with Crippen LogP contribution in [0.2, 0.25) is 0 Å². The monoisotopic (exact) mass is 273 g/mol. The lowest BCUT2D eigenvalue weighted by Crippen LogP contribution is -2.32. The van der Waals surface area contributed by atoms with E-state index in [0.29, 0.717) is 12.0 Å². The summed E-state index contributed by atoms with van der Waals surface area (Å²) in [6, 6.07) is 13.7. The maximum atomic E-state index is 3.52. The third-order valence-corrected chi connectivity index (χ3v) is 4.58. The van der Waals surface area contributed by atoms with Gasteiger partial charge in [0, 0.05) is 6.04 Å². The first-order chi connectivity index (χ1) is 9.35. The van der Waals surface area contributed by atoms with Gasteiger partial charge < -0.3 is 5.32 Å². The van der Waals surface area contributed by atoms with Crippen molar-refractivity contribution in [3.05, 3.63) is 58.3 Å². The zero-order chi connectivity index (χ0) is 13.5. The Balaban J connectivity index is 2.02. The zero-order valence-corrected chi connectivity index (χ0v) is 12.6. The molecule has 1 heterocycles. The van der Waals surface area contributed by atoms with Gasteiger partial charge in [-0.2, -0.15) is 11.3 Å². The molecule has 0 aliphatic heterocycles. The van der Waals surface area contributed by atoms with E-state index in [-0.39, 0.29) is 0 Å². The quantitative estimate of drug-likeness (QED) is 0.785. The SMILES string of the molecule is CCC(c1ccccc1)C(CCc1ccsc1)NC. The third kappa shape index (κ3) is 3.92. The van der Waals surface area contributed by atoms with Crippen LogP contribution < -0.4 is 5.32 Å².